The van der Waals surface area contributed by atoms with Gasteiger partial charge in [0, 0.05) is 11.4 Å². The first-order valence-electron chi connectivity index (χ1n) is 5.76. The predicted molar refractivity (Wildman–Crippen MR) is 70.8 cm³/mol. The molecule has 0 aromatic rings. The third-order valence-corrected chi connectivity index (χ3v) is 3.02. The average molecular weight is 218 g/mol. The second-order valence-corrected chi connectivity index (χ2v) is 4.55. The normalized spacial score (nSPS) is 19.2. The van der Waals surface area contributed by atoms with Crippen LogP contribution >= 0.6 is 0 Å². The van der Waals surface area contributed by atoms with Crippen LogP contribution in [0.5, 0.6) is 0 Å². The summed E-state index contributed by atoms with van der Waals surface area (Å²) >= 11 is 0. The summed E-state index contributed by atoms with van der Waals surface area (Å²) in [5.41, 5.74) is 8.98. The standard InChI is InChI=1S/C14H22N2/c1-5-14(4,15)12(3)16-13-8-6-7-11(2)9-10-13/h7-10,16H,3,5-6,15H2,1-2,4H3. The monoisotopic (exact) mass is 218 g/mol. The molecule has 0 saturated carbocycles. The van der Waals surface area contributed by atoms with Crippen molar-refractivity contribution >= 4 is 0 Å². The molecule has 0 fully saturated rings. The Morgan fingerprint density at radius 3 is 2.81 bits per heavy atom. The van der Waals surface area contributed by atoms with Gasteiger partial charge in [0.2, 0.25) is 0 Å². The highest BCUT2D eigenvalue weighted by Gasteiger charge is 2.19. The van der Waals surface area contributed by atoms with Gasteiger partial charge in [-0.1, -0.05) is 37.3 Å². The number of nitrogens with one attached hydrogen (secondary N) is 1. The smallest absolute Gasteiger partial charge is 0.0524 e. The van der Waals surface area contributed by atoms with Crippen LogP contribution in [0.3, 0.4) is 0 Å². The number of hydrogen-bond donors (Lipinski definition) is 2. The van der Waals surface area contributed by atoms with Gasteiger partial charge in [-0.25, -0.2) is 0 Å². The van der Waals surface area contributed by atoms with Gasteiger partial charge in [0.15, 0.2) is 0 Å². The second-order valence-electron chi connectivity index (χ2n) is 4.55. The summed E-state index contributed by atoms with van der Waals surface area (Å²) < 4.78 is 0. The van der Waals surface area contributed by atoms with Gasteiger partial charge in [-0.15, -0.1) is 0 Å². The molecule has 0 heterocycles. The third kappa shape index (κ3) is 3.38. The molecule has 1 aliphatic carbocycles. The average Bonchev–Trinajstić information content (AvgIpc) is 2.44. The molecule has 0 bridgehead atoms. The zero-order valence-corrected chi connectivity index (χ0v) is 10.5. The van der Waals surface area contributed by atoms with Gasteiger partial charge in [0.1, 0.15) is 0 Å². The van der Waals surface area contributed by atoms with Crippen molar-refractivity contribution in [2.45, 2.75) is 39.2 Å². The van der Waals surface area contributed by atoms with Crippen LogP contribution < -0.4 is 11.1 Å². The third-order valence-electron chi connectivity index (χ3n) is 3.02. The zero-order valence-electron chi connectivity index (χ0n) is 10.5. The number of allylic oxidation sites excluding steroid dienone is 5. The van der Waals surface area contributed by atoms with E-state index in [-0.39, 0.29) is 5.54 Å². The summed E-state index contributed by atoms with van der Waals surface area (Å²) in [4.78, 5) is 0. The summed E-state index contributed by atoms with van der Waals surface area (Å²) in [5.74, 6) is 0. The van der Waals surface area contributed by atoms with Crippen molar-refractivity contribution in [2.75, 3.05) is 0 Å². The Balaban J connectivity index is 2.66. The van der Waals surface area contributed by atoms with Gasteiger partial charge in [-0.3, -0.25) is 0 Å². The fourth-order valence-electron chi connectivity index (χ4n) is 1.35. The molecule has 2 nitrogen and oxygen atoms in total. The summed E-state index contributed by atoms with van der Waals surface area (Å²) in [5, 5.41) is 3.29. The van der Waals surface area contributed by atoms with Crippen LogP contribution in [0.1, 0.15) is 33.6 Å². The van der Waals surface area contributed by atoms with E-state index in [4.69, 9.17) is 5.73 Å². The minimum Gasteiger partial charge on any atom is -0.358 e. The Morgan fingerprint density at radius 2 is 2.19 bits per heavy atom. The van der Waals surface area contributed by atoms with Gasteiger partial charge in [0.25, 0.3) is 0 Å². The van der Waals surface area contributed by atoms with Crippen LogP contribution in [-0.4, -0.2) is 5.54 Å². The fourth-order valence-corrected chi connectivity index (χ4v) is 1.35. The molecule has 0 amide bonds. The van der Waals surface area contributed by atoms with Crippen molar-refractivity contribution in [2.24, 2.45) is 5.73 Å². The number of rotatable bonds is 4. The summed E-state index contributed by atoms with van der Waals surface area (Å²) in [6, 6.07) is 0. The SMILES string of the molecule is C=C(NC1=CCC=C(C)C=C1)C(C)(N)CC. The highest BCUT2D eigenvalue weighted by Crippen LogP contribution is 2.16. The van der Waals surface area contributed by atoms with E-state index in [9.17, 15) is 0 Å². The maximum absolute atomic E-state index is 6.12. The molecule has 88 valence electrons. The van der Waals surface area contributed by atoms with Crippen molar-refractivity contribution < 1.29 is 0 Å². The van der Waals surface area contributed by atoms with E-state index < -0.39 is 0 Å². The second kappa shape index (κ2) is 5.17. The molecule has 1 atom stereocenters. The summed E-state index contributed by atoms with van der Waals surface area (Å²) in [6.45, 7) is 10.2. The molecule has 0 saturated heterocycles. The molecule has 0 aromatic heterocycles. The lowest BCUT2D eigenvalue weighted by Crippen LogP contribution is -2.42. The van der Waals surface area contributed by atoms with E-state index in [1.54, 1.807) is 0 Å². The Labute approximate surface area is 98.6 Å². The lowest BCUT2D eigenvalue weighted by atomic mass is 9.96. The molecule has 2 heteroatoms. The van der Waals surface area contributed by atoms with Crippen molar-refractivity contribution in [1.82, 2.24) is 5.32 Å². The van der Waals surface area contributed by atoms with Crippen molar-refractivity contribution in [3.05, 3.63) is 47.9 Å². The van der Waals surface area contributed by atoms with Gasteiger partial charge in [-0.05, 0) is 32.8 Å². The fraction of sp³-hybridized carbons (Fsp3) is 0.429. The van der Waals surface area contributed by atoms with E-state index in [1.165, 1.54) is 5.57 Å². The number of nitrogens with two attached hydrogens (primary N) is 1. The maximum atomic E-state index is 6.12. The minimum absolute atomic E-state index is 0.358. The lowest BCUT2D eigenvalue weighted by Gasteiger charge is -2.27. The van der Waals surface area contributed by atoms with Crippen molar-refractivity contribution in [1.29, 1.82) is 0 Å². The molecule has 0 radical (unpaired) electrons. The first-order valence-corrected chi connectivity index (χ1v) is 5.76. The highest BCUT2D eigenvalue weighted by atomic mass is 15.0. The van der Waals surface area contributed by atoms with E-state index in [1.807, 2.05) is 6.92 Å². The molecule has 16 heavy (non-hydrogen) atoms. The van der Waals surface area contributed by atoms with E-state index in [0.29, 0.717) is 0 Å². The molecule has 1 aliphatic rings. The van der Waals surface area contributed by atoms with Crippen LogP contribution in [0.15, 0.2) is 47.9 Å². The Morgan fingerprint density at radius 1 is 1.50 bits per heavy atom. The van der Waals surface area contributed by atoms with Crippen LogP contribution in [0.2, 0.25) is 0 Å². The highest BCUT2D eigenvalue weighted by molar-refractivity contribution is 5.33. The maximum Gasteiger partial charge on any atom is 0.0524 e. The van der Waals surface area contributed by atoms with Crippen LogP contribution in [0.25, 0.3) is 0 Å². The minimum atomic E-state index is -0.358. The van der Waals surface area contributed by atoms with Gasteiger partial charge in [-0.2, -0.15) is 0 Å². The van der Waals surface area contributed by atoms with Crippen LogP contribution in [0, 0.1) is 0 Å². The predicted octanol–water partition coefficient (Wildman–Crippen LogP) is 3.01. The Bertz CT molecular complexity index is 357. The van der Waals surface area contributed by atoms with E-state index in [0.717, 1.165) is 24.2 Å². The Kier molecular flexibility index (Phi) is 4.13. The molecule has 0 aromatic carbocycles. The lowest BCUT2D eigenvalue weighted by molar-refractivity contribution is 0.506. The summed E-state index contributed by atoms with van der Waals surface area (Å²) in [6.07, 6.45) is 10.3. The topological polar surface area (TPSA) is 38.0 Å². The first kappa shape index (κ1) is 12.8. The van der Waals surface area contributed by atoms with E-state index >= 15 is 0 Å². The molecule has 1 unspecified atom stereocenters. The first-order chi connectivity index (χ1) is 7.45. The molecule has 0 aliphatic heterocycles. The molecule has 0 spiro atoms. The van der Waals surface area contributed by atoms with Crippen LogP contribution in [-0.2, 0) is 0 Å². The molecular formula is C14H22N2. The summed E-state index contributed by atoms with van der Waals surface area (Å²) in [7, 11) is 0. The van der Waals surface area contributed by atoms with Crippen LogP contribution in [0.4, 0.5) is 0 Å². The van der Waals surface area contributed by atoms with E-state index in [2.05, 4.69) is 50.0 Å². The van der Waals surface area contributed by atoms with Crippen molar-refractivity contribution in [3.63, 3.8) is 0 Å². The quantitative estimate of drug-likeness (QED) is 0.761. The van der Waals surface area contributed by atoms with Gasteiger partial charge in [0.05, 0.1) is 5.54 Å². The molecular weight excluding hydrogens is 196 g/mol. The molecule has 1 rings (SSSR count). The Hall–Kier alpha value is -1.28. The number of hydrogen-bond acceptors (Lipinski definition) is 2. The van der Waals surface area contributed by atoms with Gasteiger partial charge < -0.3 is 11.1 Å². The van der Waals surface area contributed by atoms with Gasteiger partial charge >= 0.3 is 0 Å². The largest absolute Gasteiger partial charge is 0.358 e. The zero-order chi connectivity index (χ0) is 12.2. The van der Waals surface area contributed by atoms with Crippen molar-refractivity contribution in [3.8, 4) is 0 Å². The molecule has 3 N–H and O–H groups in total.